The number of hydrogen-bond donors (Lipinski definition) is 3. The average molecular weight is 288 g/mol. The van der Waals surface area contributed by atoms with E-state index in [2.05, 4.69) is 15.3 Å². The molecule has 2 rings (SSSR count). The van der Waals surface area contributed by atoms with E-state index in [1.165, 1.54) is 0 Å². The Labute approximate surface area is 123 Å². The Bertz CT molecular complexity index is 581. The van der Waals surface area contributed by atoms with E-state index in [1.54, 1.807) is 24.5 Å². The van der Waals surface area contributed by atoms with Crippen LogP contribution in [0.2, 0.25) is 0 Å². The second-order valence-electron chi connectivity index (χ2n) is 4.66. The molecule has 21 heavy (non-hydrogen) atoms. The molecule has 4 N–H and O–H groups in total. The summed E-state index contributed by atoms with van der Waals surface area (Å²) in [5, 5.41) is 2.86. The first-order chi connectivity index (χ1) is 10.2. The molecule has 0 fully saturated rings. The minimum atomic E-state index is -0.126. The van der Waals surface area contributed by atoms with Crippen LogP contribution in [0.1, 0.15) is 21.7 Å². The highest BCUT2D eigenvalue weighted by Crippen LogP contribution is 2.19. The Balaban J connectivity index is 1.92. The number of aryl methyl sites for hydroxylation is 1. The maximum atomic E-state index is 12.1. The number of amides is 1. The van der Waals surface area contributed by atoms with Gasteiger partial charge < -0.3 is 20.8 Å². The third-order valence-electron chi connectivity index (χ3n) is 3.03. The largest absolute Gasteiger partial charge is 0.492 e. The molecular formula is C15H20N4O2. The summed E-state index contributed by atoms with van der Waals surface area (Å²) in [6.45, 7) is 3.34. The van der Waals surface area contributed by atoms with Crippen LogP contribution in [-0.4, -0.2) is 35.6 Å². The number of ether oxygens (including phenoxy) is 1. The molecule has 0 spiro atoms. The Morgan fingerprint density at radius 3 is 3.05 bits per heavy atom. The van der Waals surface area contributed by atoms with Gasteiger partial charge in [-0.3, -0.25) is 4.79 Å². The quantitative estimate of drug-likeness (QED) is 0.709. The number of rotatable bonds is 7. The minimum Gasteiger partial charge on any atom is -0.492 e. The van der Waals surface area contributed by atoms with Gasteiger partial charge >= 0.3 is 0 Å². The minimum absolute atomic E-state index is 0.126. The molecule has 1 amide bonds. The Kier molecular flexibility index (Phi) is 5.34. The fourth-order valence-electron chi connectivity index (χ4n) is 1.90. The van der Waals surface area contributed by atoms with Crippen molar-refractivity contribution in [1.29, 1.82) is 0 Å². The molecule has 0 saturated heterocycles. The Hall–Kier alpha value is -2.34. The molecule has 6 nitrogen and oxygen atoms in total. The van der Waals surface area contributed by atoms with Gasteiger partial charge in [-0.1, -0.05) is 6.07 Å². The third kappa shape index (κ3) is 4.32. The number of aromatic amines is 1. The summed E-state index contributed by atoms with van der Waals surface area (Å²) in [5.74, 6) is 1.42. The molecule has 0 radical (unpaired) electrons. The van der Waals surface area contributed by atoms with Gasteiger partial charge in [0.25, 0.3) is 5.91 Å². The maximum Gasteiger partial charge on any atom is 0.251 e. The number of aromatic nitrogens is 2. The lowest BCUT2D eigenvalue weighted by atomic mass is 10.1. The normalized spacial score (nSPS) is 10.4. The van der Waals surface area contributed by atoms with Crippen LogP contribution in [0.3, 0.4) is 0 Å². The molecule has 6 heteroatoms. The van der Waals surface area contributed by atoms with Crippen molar-refractivity contribution in [1.82, 2.24) is 15.3 Å². The average Bonchev–Trinajstić information content (AvgIpc) is 2.99. The Morgan fingerprint density at radius 2 is 2.33 bits per heavy atom. The number of carbonyl (C=O) groups excluding carboxylic acids is 1. The summed E-state index contributed by atoms with van der Waals surface area (Å²) < 4.78 is 5.52. The molecule has 1 heterocycles. The van der Waals surface area contributed by atoms with E-state index in [4.69, 9.17) is 10.5 Å². The SMILES string of the molecule is Cc1ccc(C(=O)NCCc2ncc[nH]2)cc1OCCN. The summed E-state index contributed by atoms with van der Waals surface area (Å²) in [6.07, 6.45) is 4.12. The molecule has 0 unspecified atom stereocenters. The summed E-state index contributed by atoms with van der Waals surface area (Å²) in [7, 11) is 0. The topological polar surface area (TPSA) is 93.0 Å². The molecule has 0 aliphatic heterocycles. The van der Waals surface area contributed by atoms with Crippen LogP contribution in [0.15, 0.2) is 30.6 Å². The number of nitrogens with one attached hydrogen (secondary N) is 2. The van der Waals surface area contributed by atoms with Crippen molar-refractivity contribution in [3.8, 4) is 5.75 Å². The standard InChI is InChI=1S/C15H20N4O2/c1-11-2-3-12(10-13(11)21-9-5-16)15(20)19-6-4-14-17-7-8-18-14/h2-3,7-8,10H,4-6,9,16H2,1H3,(H,17,18)(H,19,20). The van der Waals surface area contributed by atoms with E-state index in [0.29, 0.717) is 37.4 Å². The number of hydrogen-bond acceptors (Lipinski definition) is 4. The number of nitrogens with zero attached hydrogens (tertiary/aromatic N) is 1. The molecule has 0 saturated carbocycles. The molecule has 1 aromatic heterocycles. The van der Waals surface area contributed by atoms with Gasteiger partial charge in [-0.15, -0.1) is 0 Å². The van der Waals surface area contributed by atoms with Crippen LogP contribution < -0.4 is 15.8 Å². The summed E-state index contributed by atoms with van der Waals surface area (Å²) in [5.41, 5.74) is 6.98. The van der Waals surface area contributed by atoms with E-state index < -0.39 is 0 Å². The zero-order valence-electron chi connectivity index (χ0n) is 12.1. The van der Waals surface area contributed by atoms with Crippen molar-refractivity contribution in [2.75, 3.05) is 19.7 Å². The molecule has 2 aromatic rings. The van der Waals surface area contributed by atoms with E-state index >= 15 is 0 Å². The number of benzene rings is 1. The highest BCUT2D eigenvalue weighted by Gasteiger charge is 2.08. The van der Waals surface area contributed by atoms with Crippen molar-refractivity contribution < 1.29 is 9.53 Å². The van der Waals surface area contributed by atoms with Crippen LogP contribution in [0.25, 0.3) is 0 Å². The van der Waals surface area contributed by atoms with Gasteiger partial charge in [0, 0.05) is 37.5 Å². The first-order valence-corrected chi connectivity index (χ1v) is 6.90. The van der Waals surface area contributed by atoms with E-state index in [1.807, 2.05) is 13.0 Å². The van der Waals surface area contributed by atoms with E-state index in [0.717, 1.165) is 11.4 Å². The lowest BCUT2D eigenvalue weighted by molar-refractivity contribution is 0.0953. The van der Waals surface area contributed by atoms with Gasteiger partial charge in [-0.25, -0.2) is 4.98 Å². The monoisotopic (exact) mass is 288 g/mol. The lowest BCUT2D eigenvalue weighted by Gasteiger charge is -2.10. The third-order valence-corrected chi connectivity index (χ3v) is 3.03. The fraction of sp³-hybridized carbons (Fsp3) is 0.333. The number of carbonyl (C=O) groups is 1. The van der Waals surface area contributed by atoms with Gasteiger partial charge in [-0.2, -0.15) is 0 Å². The van der Waals surface area contributed by atoms with Crippen molar-refractivity contribution >= 4 is 5.91 Å². The smallest absolute Gasteiger partial charge is 0.251 e. The Morgan fingerprint density at radius 1 is 1.48 bits per heavy atom. The first kappa shape index (κ1) is 15.1. The van der Waals surface area contributed by atoms with Gasteiger partial charge in [0.1, 0.15) is 18.2 Å². The summed E-state index contributed by atoms with van der Waals surface area (Å²) in [6, 6.07) is 5.40. The van der Waals surface area contributed by atoms with Crippen LogP contribution in [0.4, 0.5) is 0 Å². The van der Waals surface area contributed by atoms with Gasteiger partial charge in [0.15, 0.2) is 0 Å². The highest BCUT2D eigenvalue weighted by atomic mass is 16.5. The molecule has 0 bridgehead atoms. The van der Waals surface area contributed by atoms with Crippen LogP contribution in [0.5, 0.6) is 5.75 Å². The van der Waals surface area contributed by atoms with Gasteiger partial charge in [0.2, 0.25) is 0 Å². The second kappa shape index (κ2) is 7.44. The molecule has 0 aliphatic carbocycles. The number of H-pyrrole nitrogens is 1. The fourth-order valence-corrected chi connectivity index (χ4v) is 1.90. The zero-order valence-corrected chi connectivity index (χ0v) is 12.1. The first-order valence-electron chi connectivity index (χ1n) is 6.90. The highest BCUT2D eigenvalue weighted by molar-refractivity contribution is 5.94. The van der Waals surface area contributed by atoms with Crippen molar-refractivity contribution in [2.45, 2.75) is 13.3 Å². The molecule has 1 aromatic carbocycles. The van der Waals surface area contributed by atoms with E-state index in [9.17, 15) is 4.79 Å². The van der Waals surface area contributed by atoms with Gasteiger partial charge in [0.05, 0.1) is 0 Å². The van der Waals surface area contributed by atoms with E-state index in [-0.39, 0.29) is 5.91 Å². The van der Waals surface area contributed by atoms with Crippen LogP contribution >= 0.6 is 0 Å². The second-order valence-corrected chi connectivity index (χ2v) is 4.66. The molecular weight excluding hydrogens is 268 g/mol. The van der Waals surface area contributed by atoms with Crippen molar-refractivity contribution in [3.05, 3.63) is 47.5 Å². The molecule has 0 atom stereocenters. The predicted molar refractivity (Wildman–Crippen MR) is 80.4 cm³/mol. The maximum absolute atomic E-state index is 12.1. The van der Waals surface area contributed by atoms with Crippen LogP contribution in [-0.2, 0) is 6.42 Å². The molecule has 112 valence electrons. The predicted octanol–water partition coefficient (Wildman–Crippen LogP) is 1.03. The van der Waals surface area contributed by atoms with Gasteiger partial charge in [-0.05, 0) is 24.6 Å². The number of nitrogens with two attached hydrogens (primary N) is 1. The van der Waals surface area contributed by atoms with Crippen molar-refractivity contribution in [2.24, 2.45) is 5.73 Å². The van der Waals surface area contributed by atoms with Crippen molar-refractivity contribution in [3.63, 3.8) is 0 Å². The lowest BCUT2D eigenvalue weighted by Crippen LogP contribution is -2.26. The summed E-state index contributed by atoms with van der Waals surface area (Å²) in [4.78, 5) is 19.2. The number of imidazole rings is 1. The molecule has 0 aliphatic rings. The summed E-state index contributed by atoms with van der Waals surface area (Å²) >= 11 is 0. The van der Waals surface area contributed by atoms with Crippen LogP contribution in [0, 0.1) is 6.92 Å². The zero-order chi connectivity index (χ0) is 15.1.